The predicted octanol–water partition coefficient (Wildman–Crippen LogP) is 3.70. The summed E-state index contributed by atoms with van der Waals surface area (Å²) in [5.41, 5.74) is 0.781. The van der Waals surface area contributed by atoms with Crippen LogP contribution in [0, 0.1) is 0 Å². The van der Waals surface area contributed by atoms with E-state index >= 15 is 0 Å². The summed E-state index contributed by atoms with van der Waals surface area (Å²) in [7, 11) is -2.10. The second kappa shape index (κ2) is 9.30. The molecule has 1 saturated carbocycles. The number of amides is 1. The van der Waals surface area contributed by atoms with E-state index in [1.54, 1.807) is 19.3 Å². The minimum atomic E-state index is -3.69. The molecule has 1 N–H and O–H groups in total. The number of ether oxygens (including phenoxy) is 1. The van der Waals surface area contributed by atoms with Crippen molar-refractivity contribution in [3.05, 3.63) is 54.6 Å². The Hall–Kier alpha value is -3.87. The van der Waals surface area contributed by atoms with Gasteiger partial charge in [0.2, 0.25) is 0 Å². The first kappa shape index (κ1) is 23.9. The van der Waals surface area contributed by atoms with E-state index in [-0.39, 0.29) is 33.2 Å². The van der Waals surface area contributed by atoms with E-state index in [0.717, 1.165) is 12.8 Å². The molecule has 0 spiro atoms. The van der Waals surface area contributed by atoms with Gasteiger partial charge in [-0.3, -0.25) is 9.48 Å². The normalized spacial score (nSPS) is 14.6. The van der Waals surface area contributed by atoms with Crippen molar-refractivity contribution in [3.63, 3.8) is 0 Å². The maximum Gasteiger partial charge on any atom is 0.387 e. The number of halogens is 2. The van der Waals surface area contributed by atoms with Gasteiger partial charge in [-0.25, -0.2) is 17.9 Å². The third kappa shape index (κ3) is 4.41. The number of sulfone groups is 1. The van der Waals surface area contributed by atoms with E-state index in [1.165, 1.54) is 46.0 Å². The number of carbonyl (C=O) groups excluding carboxylic acids is 1. The van der Waals surface area contributed by atoms with E-state index in [0.29, 0.717) is 18.5 Å². The largest absolute Gasteiger partial charge is 0.434 e. The second-order valence-corrected chi connectivity index (χ2v) is 10.7. The van der Waals surface area contributed by atoms with Crippen LogP contribution in [0.15, 0.2) is 53.9 Å². The number of aryl methyl sites for hydroxylation is 1. The highest BCUT2D eigenvalue weighted by atomic mass is 32.2. The average molecular weight is 517 g/mol. The monoisotopic (exact) mass is 516 g/mol. The van der Waals surface area contributed by atoms with Crippen LogP contribution in [0.25, 0.3) is 16.9 Å². The molecular weight excluding hydrogens is 494 g/mol. The Bertz CT molecular complexity index is 1540. The Morgan fingerprint density at radius 2 is 2.03 bits per heavy atom. The molecule has 1 aliphatic carbocycles. The molecule has 0 aliphatic heterocycles. The zero-order valence-corrected chi connectivity index (χ0v) is 20.0. The van der Waals surface area contributed by atoms with Crippen LogP contribution < -0.4 is 10.1 Å². The summed E-state index contributed by atoms with van der Waals surface area (Å²) >= 11 is 0. The first-order chi connectivity index (χ1) is 17.2. The maximum atomic E-state index is 13.2. The lowest BCUT2D eigenvalue weighted by molar-refractivity contribution is -0.0494. The standard InChI is InChI=1S/C23H22F2N6O4S/c1-30-13-18(28-22(32)17-12-27-31-10-4-9-26-21(17)31)20(29-30)16-11-15(7-8-19(16)35-23(24)25)36(33,34)14-5-2-3-6-14/h4,7-14,23H,2-3,5-6H2,1H3,(H,28,32). The van der Waals surface area contributed by atoms with Crippen molar-refractivity contribution in [1.29, 1.82) is 0 Å². The van der Waals surface area contributed by atoms with E-state index in [9.17, 15) is 22.0 Å². The van der Waals surface area contributed by atoms with Gasteiger partial charge in [-0.05, 0) is 37.1 Å². The molecule has 0 saturated heterocycles. The minimum Gasteiger partial charge on any atom is -0.434 e. The van der Waals surface area contributed by atoms with Crippen LogP contribution in [0.5, 0.6) is 5.75 Å². The molecule has 1 aliphatic rings. The van der Waals surface area contributed by atoms with Gasteiger partial charge >= 0.3 is 6.61 Å². The molecule has 3 aromatic heterocycles. The molecule has 0 bridgehead atoms. The summed E-state index contributed by atoms with van der Waals surface area (Å²) < 4.78 is 60.3. The summed E-state index contributed by atoms with van der Waals surface area (Å²) in [4.78, 5) is 17.2. The predicted molar refractivity (Wildman–Crippen MR) is 126 cm³/mol. The van der Waals surface area contributed by atoms with Crippen molar-refractivity contribution in [1.82, 2.24) is 24.4 Å². The van der Waals surface area contributed by atoms with Crippen LogP contribution in [0.4, 0.5) is 14.5 Å². The Morgan fingerprint density at radius 3 is 2.78 bits per heavy atom. The number of benzene rings is 1. The second-order valence-electron chi connectivity index (χ2n) is 8.45. The molecule has 4 aromatic rings. The van der Waals surface area contributed by atoms with Gasteiger partial charge in [0.1, 0.15) is 17.0 Å². The fraction of sp³-hybridized carbons (Fsp3) is 0.304. The van der Waals surface area contributed by atoms with Crippen LogP contribution in [0.2, 0.25) is 0 Å². The van der Waals surface area contributed by atoms with Crippen molar-refractivity contribution in [2.75, 3.05) is 5.32 Å². The molecule has 1 aromatic carbocycles. The first-order valence-corrected chi connectivity index (χ1v) is 12.7. The van der Waals surface area contributed by atoms with Gasteiger partial charge < -0.3 is 10.1 Å². The van der Waals surface area contributed by atoms with Crippen LogP contribution in [0.3, 0.4) is 0 Å². The molecule has 0 unspecified atom stereocenters. The van der Waals surface area contributed by atoms with E-state index in [1.807, 2.05) is 0 Å². The molecule has 5 rings (SSSR count). The quantitative estimate of drug-likeness (QED) is 0.398. The molecule has 0 atom stereocenters. The number of hydrogen-bond acceptors (Lipinski definition) is 7. The lowest BCUT2D eigenvalue weighted by Crippen LogP contribution is -2.18. The van der Waals surface area contributed by atoms with Gasteiger partial charge in [0.05, 0.1) is 22.0 Å². The average Bonchev–Trinajstić information content (AvgIpc) is 3.59. The van der Waals surface area contributed by atoms with Crippen molar-refractivity contribution in [2.45, 2.75) is 42.4 Å². The molecule has 10 nitrogen and oxygen atoms in total. The number of rotatable bonds is 7. The number of aromatic nitrogens is 5. The zero-order valence-electron chi connectivity index (χ0n) is 19.1. The number of nitrogens with one attached hydrogen (secondary N) is 1. The lowest BCUT2D eigenvalue weighted by atomic mass is 10.1. The highest BCUT2D eigenvalue weighted by molar-refractivity contribution is 7.92. The summed E-state index contributed by atoms with van der Waals surface area (Å²) in [6.07, 6.45) is 8.73. The third-order valence-electron chi connectivity index (χ3n) is 6.09. The number of alkyl halides is 2. The van der Waals surface area contributed by atoms with Gasteiger partial charge in [0.25, 0.3) is 5.91 Å². The minimum absolute atomic E-state index is 0.0132. The van der Waals surface area contributed by atoms with Gasteiger partial charge in [-0.15, -0.1) is 0 Å². The summed E-state index contributed by atoms with van der Waals surface area (Å²) in [6.45, 7) is -3.15. The van der Waals surface area contributed by atoms with Crippen molar-refractivity contribution >= 4 is 27.1 Å². The van der Waals surface area contributed by atoms with Gasteiger partial charge in [0.15, 0.2) is 15.5 Å². The molecular formula is C23H22F2N6O4S. The third-order valence-corrected chi connectivity index (χ3v) is 8.35. The fourth-order valence-electron chi connectivity index (χ4n) is 4.42. The van der Waals surface area contributed by atoms with Gasteiger partial charge in [-0.1, -0.05) is 12.8 Å². The number of nitrogens with zero attached hydrogens (tertiary/aromatic N) is 5. The molecule has 188 valence electrons. The fourth-order valence-corrected chi connectivity index (χ4v) is 6.30. The highest BCUT2D eigenvalue weighted by Crippen LogP contribution is 2.39. The van der Waals surface area contributed by atoms with Gasteiger partial charge in [0, 0.05) is 31.2 Å². The first-order valence-electron chi connectivity index (χ1n) is 11.2. The zero-order chi connectivity index (χ0) is 25.4. The maximum absolute atomic E-state index is 13.2. The van der Waals surface area contributed by atoms with Crippen LogP contribution in [-0.4, -0.2) is 50.6 Å². The Labute approximate surface area is 204 Å². The molecule has 1 amide bonds. The smallest absolute Gasteiger partial charge is 0.387 e. The Morgan fingerprint density at radius 1 is 1.25 bits per heavy atom. The summed E-state index contributed by atoms with van der Waals surface area (Å²) in [5.74, 6) is -0.814. The number of hydrogen-bond donors (Lipinski definition) is 1. The summed E-state index contributed by atoms with van der Waals surface area (Å²) in [5, 5.41) is 10.6. The topological polar surface area (TPSA) is 120 Å². The molecule has 36 heavy (non-hydrogen) atoms. The van der Waals surface area contributed by atoms with Crippen LogP contribution in [0.1, 0.15) is 36.0 Å². The van der Waals surface area contributed by atoms with Crippen molar-refractivity contribution < 1.29 is 26.7 Å². The van der Waals surface area contributed by atoms with E-state index < -0.39 is 27.6 Å². The van der Waals surface area contributed by atoms with Crippen LogP contribution >= 0.6 is 0 Å². The van der Waals surface area contributed by atoms with E-state index in [2.05, 4.69) is 25.2 Å². The van der Waals surface area contributed by atoms with E-state index in [4.69, 9.17) is 0 Å². The number of anilines is 1. The van der Waals surface area contributed by atoms with Crippen molar-refractivity contribution in [2.24, 2.45) is 7.05 Å². The van der Waals surface area contributed by atoms with Gasteiger partial charge in [-0.2, -0.15) is 19.0 Å². The number of fused-ring (bicyclic) bond motifs is 1. The SMILES string of the molecule is Cn1cc(NC(=O)c2cnn3cccnc23)c(-c2cc(S(=O)(=O)C3CCCC3)ccc2OC(F)F)n1. The van der Waals surface area contributed by atoms with Crippen molar-refractivity contribution in [3.8, 4) is 17.0 Å². The Kier molecular flexibility index (Phi) is 6.16. The molecule has 0 radical (unpaired) electrons. The lowest BCUT2D eigenvalue weighted by Gasteiger charge is -2.15. The Balaban J connectivity index is 1.56. The molecule has 3 heterocycles. The molecule has 1 fully saturated rings. The number of carbonyl (C=O) groups is 1. The highest BCUT2D eigenvalue weighted by Gasteiger charge is 2.32. The molecule has 13 heteroatoms. The van der Waals surface area contributed by atoms with Crippen LogP contribution in [-0.2, 0) is 16.9 Å². The summed E-state index contributed by atoms with van der Waals surface area (Å²) in [6, 6.07) is 5.40.